The average molecular weight is 519 g/mol. The molecule has 0 aliphatic carbocycles. The smallest absolute Gasteiger partial charge is 0.394 e. The normalized spacial score (nSPS) is 15.1. The third kappa shape index (κ3) is 8.88. The van der Waals surface area contributed by atoms with Crippen molar-refractivity contribution < 1.29 is 52.9 Å². The Morgan fingerprint density at radius 3 is 1.25 bits per heavy atom. The van der Waals surface area contributed by atoms with Gasteiger partial charge in [0.15, 0.2) is 0 Å². The predicted molar refractivity (Wildman–Crippen MR) is 129 cm³/mol. The number of carbonyl (C=O) groups is 3. The number of hydrogen-bond donors (Lipinski definition) is 0. The van der Waals surface area contributed by atoms with Gasteiger partial charge >= 0.3 is 18.1 Å². The summed E-state index contributed by atoms with van der Waals surface area (Å²) in [6.45, 7) is 20.6. The molecule has 0 radical (unpaired) electrons. The van der Waals surface area contributed by atoms with E-state index < -0.39 is 40.5 Å². The molecule has 2 unspecified atom stereocenters. The summed E-state index contributed by atoms with van der Waals surface area (Å²) >= 11 is 0. The maximum Gasteiger partial charge on any atom is 0.513 e. The molecule has 0 spiro atoms. The van der Waals surface area contributed by atoms with E-state index in [1.165, 1.54) is 0 Å². The Hall–Kier alpha value is -2.47. The summed E-state index contributed by atoms with van der Waals surface area (Å²) in [6, 6.07) is 0. The van der Waals surface area contributed by atoms with E-state index in [2.05, 4.69) is 13.2 Å². The zero-order valence-electron chi connectivity index (χ0n) is 22.8. The minimum atomic E-state index is -1.93. The van der Waals surface area contributed by atoms with Crippen LogP contribution in [-0.2, 0) is 48.1 Å². The van der Waals surface area contributed by atoms with Crippen LogP contribution in [-0.4, -0.2) is 56.1 Å². The molecule has 0 rings (SSSR count). The molecule has 36 heavy (non-hydrogen) atoms. The third-order valence-corrected chi connectivity index (χ3v) is 6.17. The topological polar surface area (TPSA) is 125 Å². The number of carbonyl (C=O) groups excluding carboxylic acids is 3. The van der Waals surface area contributed by atoms with E-state index in [1.54, 1.807) is 41.5 Å². The molecule has 0 saturated heterocycles. The fraction of sp³-hybridized carbons (Fsp3) is 0.720. The highest BCUT2D eigenvalue weighted by molar-refractivity contribution is 5.80. The van der Waals surface area contributed by atoms with Crippen LogP contribution < -0.4 is 0 Å². The van der Waals surface area contributed by atoms with Gasteiger partial charge in [0.2, 0.25) is 0 Å². The molecule has 0 fully saturated rings. The lowest BCUT2D eigenvalue weighted by atomic mass is 9.80. The van der Waals surface area contributed by atoms with Crippen molar-refractivity contribution in [3.05, 3.63) is 25.3 Å². The summed E-state index contributed by atoms with van der Waals surface area (Å²) < 4.78 is 22.4. The highest BCUT2D eigenvalue weighted by atomic mass is 17.3. The van der Waals surface area contributed by atoms with Gasteiger partial charge in [-0.15, -0.1) is 9.78 Å². The molecule has 0 heterocycles. The molecule has 0 aromatic carbocycles. The van der Waals surface area contributed by atoms with Gasteiger partial charge in [-0.25, -0.2) is 14.4 Å². The summed E-state index contributed by atoms with van der Waals surface area (Å²) in [5.74, 6) is -5.67. The fourth-order valence-electron chi connectivity index (χ4n) is 2.62. The molecule has 0 aromatic heterocycles. The molecule has 0 aromatic rings. The molecule has 2 atom stereocenters. The lowest BCUT2D eigenvalue weighted by Gasteiger charge is -2.44. The monoisotopic (exact) mass is 518 g/mol. The zero-order chi connectivity index (χ0) is 28.0. The summed E-state index contributed by atoms with van der Waals surface area (Å²) in [5.41, 5.74) is -1.89. The van der Waals surface area contributed by atoms with Crippen LogP contribution in [0.2, 0.25) is 0 Å². The van der Waals surface area contributed by atoms with E-state index in [9.17, 15) is 14.4 Å². The van der Waals surface area contributed by atoms with Crippen LogP contribution >= 0.6 is 0 Å². The number of ether oxygens (including phenoxy) is 4. The van der Waals surface area contributed by atoms with E-state index in [1.807, 2.05) is 13.8 Å². The lowest BCUT2D eigenvalue weighted by Crippen LogP contribution is -2.58. The van der Waals surface area contributed by atoms with Gasteiger partial charge in [0, 0.05) is 36.2 Å². The Balaban J connectivity index is 6.43. The molecular weight excluding hydrogens is 476 g/mol. The van der Waals surface area contributed by atoms with Gasteiger partial charge in [0.1, 0.15) is 13.2 Å². The minimum absolute atomic E-state index is 0.247. The molecule has 0 bridgehead atoms. The Morgan fingerprint density at radius 1 is 0.667 bits per heavy atom. The Kier molecular flexibility index (Phi) is 13.9. The quantitative estimate of drug-likeness (QED) is 0.0816. The van der Waals surface area contributed by atoms with Gasteiger partial charge in [-0.05, 0) is 26.7 Å². The first-order valence-corrected chi connectivity index (χ1v) is 11.9. The Labute approximate surface area is 213 Å². The van der Waals surface area contributed by atoms with Crippen molar-refractivity contribution in [2.24, 2.45) is 10.8 Å². The molecule has 11 nitrogen and oxygen atoms in total. The number of rotatable bonds is 18. The lowest BCUT2D eigenvalue weighted by molar-refractivity contribution is -0.448. The molecule has 208 valence electrons. The van der Waals surface area contributed by atoms with Crippen molar-refractivity contribution in [3.63, 3.8) is 0 Å². The van der Waals surface area contributed by atoms with Crippen LogP contribution in [0, 0.1) is 10.8 Å². The Morgan fingerprint density at radius 2 is 1.00 bits per heavy atom. The maximum atomic E-state index is 13.3. The number of hydrogen-bond acceptors (Lipinski definition) is 11. The van der Waals surface area contributed by atoms with Gasteiger partial charge in [0.25, 0.3) is 11.6 Å². The van der Waals surface area contributed by atoms with Crippen molar-refractivity contribution in [2.75, 3.05) is 26.4 Å². The van der Waals surface area contributed by atoms with Gasteiger partial charge in [-0.3, -0.25) is 9.78 Å². The molecular formula is C25H42O11. The summed E-state index contributed by atoms with van der Waals surface area (Å²) in [7, 11) is 0. The summed E-state index contributed by atoms with van der Waals surface area (Å²) in [4.78, 5) is 57.2. The molecule has 11 heteroatoms. The van der Waals surface area contributed by atoms with E-state index in [0.29, 0.717) is 12.8 Å². The van der Waals surface area contributed by atoms with E-state index in [0.717, 1.165) is 12.2 Å². The molecule has 0 aliphatic heterocycles. The SMILES string of the molecule is C=CC(=O)OOC(COCC)(OC(=O)OC(COCC)(OOC(=O)C=C)C(C)(C)CC)C(C)(C)CC. The molecule has 0 saturated carbocycles. The first kappa shape index (κ1) is 33.5. The van der Waals surface area contributed by atoms with Crippen molar-refractivity contribution in [2.45, 2.75) is 79.8 Å². The molecule has 0 amide bonds. The zero-order valence-corrected chi connectivity index (χ0v) is 22.8. The van der Waals surface area contributed by atoms with Crippen molar-refractivity contribution in [1.82, 2.24) is 0 Å². The van der Waals surface area contributed by atoms with Crippen LogP contribution in [0.5, 0.6) is 0 Å². The Bertz CT molecular complexity index is 686. The van der Waals surface area contributed by atoms with E-state index >= 15 is 0 Å². The van der Waals surface area contributed by atoms with Gasteiger partial charge < -0.3 is 18.9 Å². The minimum Gasteiger partial charge on any atom is -0.394 e. The first-order chi connectivity index (χ1) is 16.8. The van der Waals surface area contributed by atoms with Crippen molar-refractivity contribution >= 4 is 18.1 Å². The highest BCUT2D eigenvalue weighted by Gasteiger charge is 2.56. The van der Waals surface area contributed by atoms with Gasteiger partial charge in [-0.2, -0.15) is 0 Å². The highest BCUT2D eigenvalue weighted by Crippen LogP contribution is 2.43. The third-order valence-electron chi connectivity index (χ3n) is 6.17. The van der Waals surface area contributed by atoms with Crippen LogP contribution in [0.15, 0.2) is 25.3 Å². The average Bonchev–Trinajstić information content (AvgIpc) is 2.86. The molecule has 0 aliphatic rings. The van der Waals surface area contributed by atoms with Crippen LogP contribution in [0.3, 0.4) is 0 Å². The largest absolute Gasteiger partial charge is 0.513 e. The second-order valence-electron chi connectivity index (χ2n) is 9.09. The first-order valence-electron chi connectivity index (χ1n) is 11.9. The summed E-state index contributed by atoms with van der Waals surface area (Å²) in [5, 5.41) is 0. The second-order valence-corrected chi connectivity index (χ2v) is 9.09. The predicted octanol–water partition coefficient (Wildman–Crippen LogP) is 4.80. The van der Waals surface area contributed by atoms with Gasteiger partial charge in [0.05, 0.1) is 0 Å². The fourth-order valence-corrected chi connectivity index (χ4v) is 2.62. The van der Waals surface area contributed by atoms with Crippen LogP contribution in [0.1, 0.15) is 68.2 Å². The second kappa shape index (κ2) is 14.9. The van der Waals surface area contributed by atoms with E-state index in [4.69, 9.17) is 38.5 Å². The maximum absolute atomic E-state index is 13.3. The standard InChI is InChI=1S/C25H42O11/c1-11-19(26)33-35-24(17-29-15-5,22(7,8)13-3)31-21(28)32-25(18-30-16-6,23(9,10)14-4)36-34-20(27)12-2/h11-12H,1-2,13-18H2,3-10H3. The molecule has 0 N–H and O–H groups in total. The van der Waals surface area contributed by atoms with Crippen LogP contribution in [0.4, 0.5) is 4.79 Å². The van der Waals surface area contributed by atoms with Crippen molar-refractivity contribution in [3.8, 4) is 0 Å². The van der Waals surface area contributed by atoms with Gasteiger partial charge in [-0.1, -0.05) is 54.7 Å². The summed E-state index contributed by atoms with van der Waals surface area (Å²) in [6.07, 6.45) is 1.33. The van der Waals surface area contributed by atoms with Crippen LogP contribution in [0.25, 0.3) is 0 Å². The van der Waals surface area contributed by atoms with Crippen molar-refractivity contribution in [1.29, 1.82) is 0 Å². The van der Waals surface area contributed by atoms with E-state index in [-0.39, 0.29) is 26.4 Å².